The van der Waals surface area contributed by atoms with E-state index in [1.54, 1.807) is 0 Å². The van der Waals surface area contributed by atoms with Crippen molar-refractivity contribution >= 4 is 0 Å². The van der Waals surface area contributed by atoms with Crippen LogP contribution in [0.15, 0.2) is 0 Å². The molecule has 2 fully saturated rings. The van der Waals surface area contributed by atoms with Crippen LogP contribution in [0.3, 0.4) is 0 Å². The van der Waals surface area contributed by atoms with Gasteiger partial charge in [0.25, 0.3) is 0 Å². The van der Waals surface area contributed by atoms with E-state index in [-0.39, 0.29) is 5.92 Å². The molecular weight excluding hydrogens is 210 g/mol. The van der Waals surface area contributed by atoms with E-state index in [1.165, 1.54) is 32.1 Å². The van der Waals surface area contributed by atoms with E-state index in [0.717, 1.165) is 12.8 Å². The molecule has 96 valence electrons. The monoisotopic (exact) mass is 235 g/mol. The van der Waals surface area contributed by atoms with Crippen molar-refractivity contribution in [1.29, 1.82) is 5.26 Å². The smallest absolute Gasteiger partial charge is 0.0672 e. The van der Waals surface area contributed by atoms with Crippen LogP contribution in [0.25, 0.3) is 0 Å². The minimum Gasteiger partial charge on any atom is -0.250 e. The SMILES string of the molecule is CC1CCCC(C)N1NC1CCCCC1C#N. The van der Waals surface area contributed by atoms with Crippen molar-refractivity contribution in [2.24, 2.45) is 5.92 Å². The average Bonchev–Trinajstić information content (AvgIpc) is 2.34. The minimum atomic E-state index is 0.213. The highest BCUT2D eigenvalue weighted by Gasteiger charge is 2.31. The van der Waals surface area contributed by atoms with Crippen LogP contribution in [0, 0.1) is 17.2 Å². The van der Waals surface area contributed by atoms with E-state index in [4.69, 9.17) is 0 Å². The zero-order valence-corrected chi connectivity index (χ0v) is 11.2. The number of nitrogens with zero attached hydrogens (tertiary/aromatic N) is 2. The normalized spacial score (nSPS) is 39.8. The highest BCUT2D eigenvalue weighted by molar-refractivity contribution is 4.95. The Labute approximate surface area is 105 Å². The first kappa shape index (κ1) is 12.9. The van der Waals surface area contributed by atoms with Crippen molar-refractivity contribution in [3.05, 3.63) is 0 Å². The summed E-state index contributed by atoms with van der Waals surface area (Å²) >= 11 is 0. The minimum absolute atomic E-state index is 0.213. The maximum atomic E-state index is 9.21. The summed E-state index contributed by atoms with van der Waals surface area (Å²) in [7, 11) is 0. The molecule has 1 saturated carbocycles. The summed E-state index contributed by atoms with van der Waals surface area (Å²) in [5.41, 5.74) is 3.67. The second kappa shape index (κ2) is 5.84. The number of hydrogen-bond acceptors (Lipinski definition) is 3. The number of hydrogen-bond donors (Lipinski definition) is 1. The topological polar surface area (TPSA) is 39.1 Å². The first-order valence-electron chi connectivity index (χ1n) is 7.16. The molecule has 1 N–H and O–H groups in total. The lowest BCUT2D eigenvalue weighted by molar-refractivity contribution is 0.0161. The van der Waals surface area contributed by atoms with Crippen LogP contribution < -0.4 is 5.43 Å². The molecule has 4 unspecified atom stereocenters. The van der Waals surface area contributed by atoms with Crippen LogP contribution in [-0.4, -0.2) is 23.1 Å². The third-order valence-corrected chi connectivity index (χ3v) is 4.44. The quantitative estimate of drug-likeness (QED) is 0.800. The zero-order valence-electron chi connectivity index (χ0n) is 11.2. The van der Waals surface area contributed by atoms with Gasteiger partial charge in [-0.2, -0.15) is 5.26 Å². The van der Waals surface area contributed by atoms with Crippen molar-refractivity contribution in [3.63, 3.8) is 0 Å². The molecule has 17 heavy (non-hydrogen) atoms. The van der Waals surface area contributed by atoms with E-state index in [1.807, 2.05) is 0 Å². The molecule has 0 aromatic heterocycles. The van der Waals surface area contributed by atoms with Gasteiger partial charge in [0, 0.05) is 18.1 Å². The zero-order chi connectivity index (χ0) is 12.3. The van der Waals surface area contributed by atoms with Crippen LogP contribution in [0.4, 0.5) is 0 Å². The van der Waals surface area contributed by atoms with Gasteiger partial charge in [0.1, 0.15) is 0 Å². The molecule has 0 aromatic carbocycles. The largest absolute Gasteiger partial charge is 0.250 e. The van der Waals surface area contributed by atoms with Gasteiger partial charge in [0.15, 0.2) is 0 Å². The number of hydrazine groups is 1. The van der Waals surface area contributed by atoms with E-state index >= 15 is 0 Å². The van der Waals surface area contributed by atoms with Gasteiger partial charge in [0.05, 0.1) is 12.0 Å². The van der Waals surface area contributed by atoms with Gasteiger partial charge < -0.3 is 0 Å². The Hall–Kier alpha value is -0.590. The molecule has 2 rings (SSSR count). The number of nitrogens with one attached hydrogen (secondary N) is 1. The second-order valence-corrected chi connectivity index (χ2v) is 5.79. The predicted molar refractivity (Wildman–Crippen MR) is 69.1 cm³/mol. The fraction of sp³-hybridized carbons (Fsp3) is 0.929. The standard InChI is InChI=1S/C14H25N3/c1-11-6-5-7-12(2)17(11)16-14-9-4-3-8-13(14)10-15/h11-14,16H,3-9H2,1-2H3. The Morgan fingerprint density at radius 3 is 2.29 bits per heavy atom. The summed E-state index contributed by atoms with van der Waals surface area (Å²) in [6, 6.07) is 4.09. The third-order valence-electron chi connectivity index (χ3n) is 4.44. The van der Waals surface area contributed by atoms with Crippen molar-refractivity contribution in [2.75, 3.05) is 0 Å². The molecule has 1 aliphatic heterocycles. The molecular formula is C14H25N3. The third kappa shape index (κ3) is 3.00. The lowest BCUT2D eigenvalue weighted by Gasteiger charge is -2.43. The van der Waals surface area contributed by atoms with Crippen molar-refractivity contribution in [1.82, 2.24) is 10.4 Å². The van der Waals surface area contributed by atoms with Gasteiger partial charge in [-0.3, -0.25) is 5.43 Å². The highest BCUT2D eigenvalue weighted by atomic mass is 15.5. The fourth-order valence-electron chi connectivity index (χ4n) is 3.31. The molecule has 2 aliphatic rings. The number of nitriles is 1. The molecule has 3 heteroatoms. The van der Waals surface area contributed by atoms with Crippen LogP contribution >= 0.6 is 0 Å². The molecule has 0 aromatic rings. The Morgan fingerprint density at radius 2 is 1.65 bits per heavy atom. The van der Waals surface area contributed by atoms with Crippen molar-refractivity contribution < 1.29 is 0 Å². The van der Waals surface area contributed by atoms with E-state index in [2.05, 4.69) is 30.4 Å². The lowest BCUT2D eigenvalue weighted by Crippen LogP contribution is -2.57. The molecule has 0 spiro atoms. The van der Waals surface area contributed by atoms with Crippen molar-refractivity contribution in [2.45, 2.75) is 76.9 Å². The summed E-state index contributed by atoms with van der Waals surface area (Å²) in [4.78, 5) is 0. The van der Waals surface area contributed by atoms with E-state index < -0.39 is 0 Å². The summed E-state index contributed by atoms with van der Waals surface area (Å²) in [5.74, 6) is 0.213. The molecule has 0 bridgehead atoms. The first-order chi connectivity index (χ1) is 8.22. The Balaban J connectivity index is 1.96. The van der Waals surface area contributed by atoms with E-state index in [0.29, 0.717) is 18.1 Å². The summed E-state index contributed by atoms with van der Waals surface area (Å²) < 4.78 is 0. The molecule has 4 atom stereocenters. The maximum Gasteiger partial charge on any atom is 0.0672 e. The number of rotatable bonds is 2. The van der Waals surface area contributed by atoms with Gasteiger partial charge in [-0.25, -0.2) is 5.01 Å². The highest BCUT2D eigenvalue weighted by Crippen LogP contribution is 2.27. The van der Waals surface area contributed by atoms with Crippen LogP contribution in [0.1, 0.15) is 58.8 Å². The molecule has 0 amide bonds. The molecule has 0 radical (unpaired) electrons. The molecule has 1 heterocycles. The van der Waals surface area contributed by atoms with Gasteiger partial charge in [-0.15, -0.1) is 0 Å². The lowest BCUT2D eigenvalue weighted by atomic mass is 9.86. The first-order valence-corrected chi connectivity index (χ1v) is 7.16. The molecule has 1 aliphatic carbocycles. The van der Waals surface area contributed by atoms with Gasteiger partial charge in [0.2, 0.25) is 0 Å². The van der Waals surface area contributed by atoms with Crippen LogP contribution in [0.2, 0.25) is 0 Å². The second-order valence-electron chi connectivity index (χ2n) is 5.79. The van der Waals surface area contributed by atoms with Crippen molar-refractivity contribution in [3.8, 4) is 6.07 Å². The van der Waals surface area contributed by atoms with Gasteiger partial charge >= 0.3 is 0 Å². The Morgan fingerprint density at radius 1 is 1.00 bits per heavy atom. The Bertz CT molecular complexity index is 274. The Kier molecular flexibility index (Phi) is 4.42. The molecule has 3 nitrogen and oxygen atoms in total. The summed E-state index contributed by atoms with van der Waals surface area (Å²) in [6.07, 6.45) is 8.63. The summed E-state index contributed by atoms with van der Waals surface area (Å²) in [5, 5.41) is 11.6. The summed E-state index contributed by atoms with van der Waals surface area (Å²) in [6.45, 7) is 4.60. The van der Waals surface area contributed by atoms with Crippen LogP contribution in [-0.2, 0) is 0 Å². The van der Waals surface area contributed by atoms with E-state index in [9.17, 15) is 5.26 Å². The maximum absolute atomic E-state index is 9.21. The molecule has 1 saturated heterocycles. The predicted octanol–water partition coefficient (Wildman–Crippen LogP) is 2.84. The number of piperidine rings is 1. The van der Waals surface area contributed by atoms with Gasteiger partial charge in [-0.05, 0) is 39.5 Å². The fourth-order valence-corrected chi connectivity index (χ4v) is 3.31. The van der Waals surface area contributed by atoms with Gasteiger partial charge in [-0.1, -0.05) is 19.3 Å². The van der Waals surface area contributed by atoms with Crippen LogP contribution in [0.5, 0.6) is 0 Å². The average molecular weight is 235 g/mol.